The van der Waals surface area contributed by atoms with Crippen molar-refractivity contribution in [2.45, 2.75) is 58.4 Å². The van der Waals surface area contributed by atoms with Gasteiger partial charge in [-0.3, -0.25) is 4.57 Å². The van der Waals surface area contributed by atoms with Gasteiger partial charge in [0.1, 0.15) is 5.82 Å². The summed E-state index contributed by atoms with van der Waals surface area (Å²) in [5.41, 5.74) is 0. The molecule has 1 unspecified atom stereocenters. The third kappa shape index (κ3) is 2.10. The third-order valence-electron chi connectivity index (χ3n) is 3.69. The van der Waals surface area contributed by atoms with Gasteiger partial charge < -0.3 is 0 Å². The fraction of sp³-hybridized carbons (Fsp3) is 0.833. The van der Waals surface area contributed by atoms with Crippen LogP contribution in [0.1, 0.15) is 64.2 Å². The standard InChI is InChI=1S/C12H20ClN3/c1-8(2)11-14-15-12(13)16(11)9(3)10-6-4-5-7-10/h8-10H,4-7H2,1-3H3. The molecule has 1 aliphatic rings. The summed E-state index contributed by atoms with van der Waals surface area (Å²) in [6.07, 6.45) is 5.33. The van der Waals surface area contributed by atoms with Crippen molar-refractivity contribution in [3.63, 3.8) is 0 Å². The van der Waals surface area contributed by atoms with E-state index in [0.29, 0.717) is 17.2 Å². The number of nitrogens with zero attached hydrogens (tertiary/aromatic N) is 3. The average Bonchev–Trinajstić information content (AvgIpc) is 2.84. The van der Waals surface area contributed by atoms with Crippen LogP contribution in [0.2, 0.25) is 5.28 Å². The van der Waals surface area contributed by atoms with Gasteiger partial charge in [0, 0.05) is 12.0 Å². The SMILES string of the molecule is CC(C)c1nnc(Cl)n1C(C)C1CCCC1. The maximum atomic E-state index is 6.15. The van der Waals surface area contributed by atoms with Crippen LogP contribution >= 0.6 is 11.6 Å². The lowest BCUT2D eigenvalue weighted by molar-refractivity contribution is 0.349. The molecule has 4 heteroatoms. The summed E-state index contributed by atoms with van der Waals surface area (Å²) >= 11 is 6.15. The summed E-state index contributed by atoms with van der Waals surface area (Å²) in [5, 5.41) is 8.74. The molecule has 1 saturated carbocycles. The summed E-state index contributed by atoms with van der Waals surface area (Å²) in [6, 6.07) is 0.433. The van der Waals surface area contributed by atoms with Gasteiger partial charge in [0.05, 0.1) is 0 Å². The van der Waals surface area contributed by atoms with Crippen molar-refractivity contribution in [1.82, 2.24) is 14.8 Å². The minimum absolute atomic E-state index is 0.379. The van der Waals surface area contributed by atoms with Gasteiger partial charge in [-0.2, -0.15) is 0 Å². The molecule has 90 valence electrons. The third-order valence-corrected chi connectivity index (χ3v) is 3.94. The van der Waals surface area contributed by atoms with Gasteiger partial charge in [-0.25, -0.2) is 0 Å². The fourth-order valence-electron chi connectivity index (χ4n) is 2.70. The Balaban J connectivity index is 2.27. The van der Waals surface area contributed by atoms with Gasteiger partial charge >= 0.3 is 0 Å². The van der Waals surface area contributed by atoms with Crippen LogP contribution in [0.4, 0.5) is 0 Å². The minimum Gasteiger partial charge on any atom is -0.298 e. The first-order valence-corrected chi connectivity index (χ1v) is 6.59. The molecule has 3 nitrogen and oxygen atoms in total. The molecule has 1 aliphatic carbocycles. The average molecular weight is 242 g/mol. The minimum atomic E-state index is 0.379. The van der Waals surface area contributed by atoms with E-state index >= 15 is 0 Å². The second-order valence-electron chi connectivity index (χ2n) is 5.14. The van der Waals surface area contributed by atoms with Gasteiger partial charge in [0.25, 0.3) is 0 Å². The van der Waals surface area contributed by atoms with Crippen molar-refractivity contribution in [2.75, 3.05) is 0 Å². The summed E-state index contributed by atoms with van der Waals surface area (Å²) in [6.45, 7) is 6.52. The molecule has 1 heterocycles. The maximum Gasteiger partial charge on any atom is 0.225 e. The van der Waals surface area contributed by atoms with Crippen molar-refractivity contribution in [3.05, 3.63) is 11.1 Å². The molecule has 1 aromatic rings. The summed E-state index contributed by atoms with van der Waals surface area (Å²) in [7, 11) is 0. The van der Waals surface area contributed by atoms with Crippen molar-refractivity contribution in [1.29, 1.82) is 0 Å². The highest BCUT2D eigenvalue weighted by molar-refractivity contribution is 6.28. The number of hydrogen-bond donors (Lipinski definition) is 0. The highest BCUT2D eigenvalue weighted by Crippen LogP contribution is 2.36. The Bertz CT molecular complexity index is 353. The molecule has 0 bridgehead atoms. The van der Waals surface area contributed by atoms with Gasteiger partial charge in [0.15, 0.2) is 0 Å². The van der Waals surface area contributed by atoms with Crippen LogP contribution in [-0.2, 0) is 0 Å². The van der Waals surface area contributed by atoms with Crippen molar-refractivity contribution in [3.8, 4) is 0 Å². The lowest BCUT2D eigenvalue weighted by atomic mass is 9.99. The Morgan fingerprint density at radius 1 is 1.19 bits per heavy atom. The van der Waals surface area contributed by atoms with Crippen LogP contribution < -0.4 is 0 Å². The fourth-order valence-corrected chi connectivity index (χ4v) is 2.98. The zero-order chi connectivity index (χ0) is 11.7. The Morgan fingerprint density at radius 3 is 2.38 bits per heavy atom. The van der Waals surface area contributed by atoms with E-state index in [0.717, 1.165) is 11.7 Å². The number of aromatic nitrogens is 3. The first-order valence-electron chi connectivity index (χ1n) is 6.21. The molecule has 0 aromatic carbocycles. The molecule has 1 aromatic heterocycles. The zero-order valence-corrected chi connectivity index (χ0v) is 11.0. The van der Waals surface area contributed by atoms with E-state index in [2.05, 4.69) is 35.5 Å². The Labute approximate surface area is 102 Å². The molecule has 0 N–H and O–H groups in total. The maximum absolute atomic E-state index is 6.15. The van der Waals surface area contributed by atoms with Gasteiger partial charge in [0.2, 0.25) is 5.28 Å². The normalized spacial score (nSPS) is 19.6. The molecular weight excluding hydrogens is 222 g/mol. The summed E-state index contributed by atoms with van der Waals surface area (Å²) < 4.78 is 2.13. The van der Waals surface area contributed by atoms with Gasteiger partial charge in [-0.15, -0.1) is 10.2 Å². The lowest BCUT2D eigenvalue weighted by Crippen LogP contribution is -2.17. The number of halogens is 1. The molecular formula is C12H20ClN3. The van der Waals surface area contributed by atoms with Gasteiger partial charge in [-0.1, -0.05) is 26.7 Å². The molecule has 0 aliphatic heterocycles. The molecule has 0 saturated heterocycles. The van der Waals surface area contributed by atoms with Crippen molar-refractivity contribution in [2.24, 2.45) is 5.92 Å². The molecule has 2 rings (SSSR count). The summed E-state index contributed by atoms with van der Waals surface area (Å²) in [5.74, 6) is 2.14. The lowest BCUT2D eigenvalue weighted by Gasteiger charge is -2.23. The van der Waals surface area contributed by atoms with Crippen LogP contribution in [-0.4, -0.2) is 14.8 Å². The molecule has 0 radical (unpaired) electrons. The first kappa shape index (κ1) is 11.9. The van der Waals surface area contributed by atoms with Crippen LogP contribution in [0.3, 0.4) is 0 Å². The second-order valence-corrected chi connectivity index (χ2v) is 5.48. The highest BCUT2D eigenvalue weighted by Gasteiger charge is 2.27. The van der Waals surface area contributed by atoms with E-state index in [4.69, 9.17) is 11.6 Å². The van der Waals surface area contributed by atoms with Crippen molar-refractivity contribution < 1.29 is 0 Å². The van der Waals surface area contributed by atoms with Crippen LogP contribution in [0.5, 0.6) is 0 Å². The molecule has 0 spiro atoms. The van der Waals surface area contributed by atoms with Crippen LogP contribution in [0.15, 0.2) is 0 Å². The smallest absolute Gasteiger partial charge is 0.225 e. The molecule has 1 fully saturated rings. The molecule has 16 heavy (non-hydrogen) atoms. The van der Waals surface area contributed by atoms with E-state index in [1.165, 1.54) is 25.7 Å². The summed E-state index contributed by atoms with van der Waals surface area (Å²) in [4.78, 5) is 0. The van der Waals surface area contributed by atoms with E-state index in [1.54, 1.807) is 0 Å². The predicted molar refractivity (Wildman–Crippen MR) is 65.8 cm³/mol. The number of rotatable bonds is 3. The molecule has 1 atom stereocenters. The predicted octanol–water partition coefficient (Wildman–Crippen LogP) is 3.81. The topological polar surface area (TPSA) is 30.7 Å². The Kier molecular flexibility index (Phi) is 3.53. The van der Waals surface area contributed by atoms with Crippen LogP contribution in [0.25, 0.3) is 0 Å². The van der Waals surface area contributed by atoms with E-state index in [-0.39, 0.29) is 0 Å². The Morgan fingerprint density at radius 2 is 1.81 bits per heavy atom. The first-order chi connectivity index (χ1) is 7.61. The van der Waals surface area contributed by atoms with E-state index in [9.17, 15) is 0 Å². The van der Waals surface area contributed by atoms with Crippen molar-refractivity contribution >= 4 is 11.6 Å². The number of hydrogen-bond acceptors (Lipinski definition) is 2. The monoisotopic (exact) mass is 241 g/mol. The second kappa shape index (κ2) is 4.74. The zero-order valence-electron chi connectivity index (χ0n) is 10.3. The largest absolute Gasteiger partial charge is 0.298 e. The molecule has 0 amide bonds. The van der Waals surface area contributed by atoms with E-state index < -0.39 is 0 Å². The highest BCUT2D eigenvalue weighted by atomic mass is 35.5. The van der Waals surface area contributed by atoms with E-state index in [1.807, 2.05) is 0 Å². The van der Waals surface area contributed by atoms with Gasteiger partial charge in [-0.05, 0) is 37.3 Å². The van der Waals surface area contributed by atoms with Crippen LogP contribution in [0, 0.1) is 5.92 Å². The Hall–Kier alpha value is -0.570. The quantitative estimate of drug-likeness (QED) is 0.806.